The minimum atomic E-state index is -0.416. The molecule has 0 spiro atoms. The highest BCUT2D eigenvalue weighted by Gasteiger charge is 2.12. The summed E-state index contributed by atoms with van der Waals surface area (Å²) in [5, 5.41) is 25.0. The maximum absolute atomic E-state index is 12.2. The standard InChI is InChI=1S/C20H19N5O4S/c1-12-6-8-13(9-7-12)19(28)22-20-25-24-17(30-20)10-16(26)23-21-11-14-4-3-5-15(29-2)18(14)27/h3-9,11,27H,10H2,1-2H3,(H,23,26)(H,22,25,28)/b21-11+. The van der Waals surface area contributed by atoms with Crippen molar-refractivity contribution in [1.82, 2.24) is 15.6 Å². The third-order valence-electron chi connectivity index (χ3n) is 3.96. The molecule has 0 aliphatic heterocycles. The Kier molecular flexibility index (Phi) is 6.71. The number of aromatic hydroxyl groups is 1. The Morgan fingerprint density at radius 2 is 1.97 bits per heavy atom. The van der Waals surface area contributed by atoms with Gasteiger partial charge in [-0.3, -0.25) is 14.9 Å². The molecule has 0 saturated heterocycles. The largest absolute Gasteiger partial charge is 0.504 e. The number of hydrogen-bond donors (Lipinski definition) is 3. The van der Waals surface area contributed by atoms with E-state index in [0.717, 1.165) is 16.9 Å². The van der Waals surface area contributed by atoms with Crippen molar-refractivity contribution >= 4 is 34.5 Å². The molecule has 30 heavy (non-hydrogen) atoms. The van der Waals surface area contributed by atoms with Crippen LogP contribution in [0.5, 0.6) is 11.5 Å². The summed E-state index contributed by atoms with van der Waals surface area (Å²) in [6.07, 6.45) is 1.25. The van der Waals surface area contributed by atoms with Crippen LogP contribution in [0.15, 0.2) is 47.6 Å². The van der Waals surface area contributed by atoms with Crippen LogP contribution >= 0.6 is 11.3 Å². The molecule has 1 heterocycles. The number of aromatic nitrogens is 2. The van der Waals surface area contributed by atoms with E-state index in [0.29, 0.717) is 27.0 Å². The minimum absolute atomic E-state index is 0.0560. The first-order valence-electron chi connectivity index (χ1n) is 8.84. The Balaban J connectivity index is 1.53. The van der Waals surface area contributed by atoms with Crippen molar-refractivity contribution in [2.75, 3.05) is 12.4 Å². The lowest BCUT2D eigenvalue weighted by Gasteiger charge is -2.04. The first-order valence-corrected chi connectivity index (χ1v) is 9.66. The number of carbonyl (C=O) groups is 2. The number of hydrogen-bond acceptors (Lipinski definition) is 8. The molecule has 1 aromatic heterocycles. The number of anilines is 1. The van der Waals surface area contributed by atoms with Crippen LogP contribution in [0.2, 0.25) is 0 Å². The summed E-state index contributed by atoms with van der Waals surface area (Å²) < 4.78 is 5.01. The molecule has 0 aliphatic rings. The van der Waals surface area contributed by atoms with Gasteiger partial charge in [0.2, 0.25) is 11.0 Å². The SMILES string of the molecule is COc1cccc(/C=N/NC(=O)Cc2nnc(NC(=O)c3ccc(C)cc3)s2)c1O. The topological polar surface area (TPSA) is 126 Å². The van der Waals surface area contributed by atoms with Crippen LogP contribution in [-0.4, -0.2) is 40.4 Å². The number of aryl methyl sites for hydroxylation is 1. The van der Waals surface area contributed by atoms with Gasteiger partial charge in [0.1, 0.15) is 5.01 Å². The number of benzene rings is 2. The fourth-order valence-electron chi connectivity index (χ4n) is 2.41. The normalized spacial score (nSPS) is 10.7. The van der Waals surface area contributed by atoms with Crippen molar-refractivity contribution in [1.29, 1.82) is 0 Å². The molecular weight excluding hydrogens is 406 g/mol. The zero-order chi connectivity index (χ0) is 21.5. The quantitative estimate of drug-likeness (QED) is 0.394. The van der Waals surface area contributed by atoms with Gasteiger partial charge in [-0.2, -0.15) is 5.10 Å². The molecule has 2 aromatic carbocycles. The second-order valence-corrected chi connectivity index (χ2v) is 7.25. The van der Waals surface area contributed by atoms with Crippen LogP contribution in [0.3, 0.4) is 0 Å². The van der Waals surface area contributed by atoms with Crippen molar-refractivity contribution in [2.24, 2.45) is 5.10 Å². The van der Waals surface area contributed by atoms with E-state index >= 15 is 0 Å². The molecule has 0 aliphatic carbocycles. The van der Waals surface area contributed by atoms with E-state index in [1.807, 2.05) is 19.1 Å². The van der Waals surface area contributed by atoms with E-state index in [-0.39, 0.29) is 18.1 Å². The van der Waals surface area contributed by atoms with Gasteiger partial charge in [-0.15, -0.1) is 10.2 Å². The third-order valence-corrected chi connectivity index (χ3v) is 4.79. The van der Waals surface area contributed by atoms with Gasteiger partial charge in [-0.05, 0) is 31.2 Å². The van der Waals surface area contributed by atoms with Crippen LogP contribution < -0.4 is 15.5 Å². The van der Waals surface area contributed by atoms with Crippen molar-refractivity contribution in [3.05, 3.63) is 64.2 Å². The summed E-state index contributed by atoms with van der Waals surface area (Å²) in [4.78, 5) is 24.2. The van der Waals surface area contributed by atoms with E-state index in [1.165, 1.54) is 13.3 Å². The lowest BCUT2D eigenvalue weighted by atomic mass is 10.1. The molecular formula is C20H19N5O4S. The van der Waals surface area contributed by atoms with E-state index in [2.05, 4.69) is 26.0 Å². The molecule has 10 heteroatoms. The maximum Gasteiger partial charge on any atom is 0.257 e. The van der Waals surface area contributed by atoms with Crippen LogP contribution in [0.25, 0.3) is 0 Å². The second kappa shape index (κ2) is 9.61. The number of phenolic OH excluding ortho intramolecular Hbond substituents is 1. The minimum Gasteiger partial charge on any atom is -0.504 e. The fraction of sp³-hybridized carbons (Fsp3) is 0.150. The van der Waals surface area contributed by atoms with Crippen LogP contribution in [0.1, 0.15) is 26.5 Å². The summed E-state index contributed by atoms with van der Waals surface area (Å²) >= 11 is 1.10. The summed E-state index contributed by atoms with van der Waals surface area (Å²) in [6, 6.07) is 12.1. The van der Waals surface area contributed by atoms with Gasteiger partial charge in [0.25, 0.3) is 5.91 Å². The molecule has 2 amide bonds. The molecule has 0 bridgehead atoms. The van der Waals surface area contributed by atoms with Gasteiger partial charge in [-0.25, -0.2) is 5.43 Å². The number of phenols is 1. The molecule has 3 N–H and O–H groups in total. The predicted octanol–water partition coefficient (Wildman–Crippen LogP) is 2.51. The summed E-state index contributed by atoms with van der Waals surface area (Å²) in [7, 11) is 1.44. The Morgan fingerprint density at radius 3 is 2.70 bits per heavy atom. The van der Waals surface area contributed by atoms with Crippen LogP contribution in [-0.2, 0) is 11.2 Å². The number of rotatable bonds is 7. The predicted molar refractivity (Wildman–Crippen MR) is 113 cm³/mol. The van der Waals surface area contributed by atoms with E-state index in [9.17, 15) is 14.7 Å². The molecule has 0 radical (unpaired) electrons. The lowest BCUT2D eigenvalue weighted by molar-refractivity contribution is -0.120. The number of para-hydroxylation sites is 1. The van der Waals surface area contributed by atoms with E-state index in [4.69, 9.17) is 4.74 Å². The average Bonchev–Trinajstić information content (AvgIpc) is 3.16. The first-order chi connectivity index (χ1) is 14.5. The number of ether oxygens (including phenoxy) is 1. The Hall–Kier alpha value is -3.79. The number of nitrogens with one attached hydrogen (secondary N) is 2. The number of amides is 2. The van der Waals surface area contributed by atoms with Crippen molar-refractivity contribution in [3.63, 3.8) is 0 Å². The Bertz CT molecular complexity index is 1080. The maximum atomic E-state index is 12.2. The van der Waals surface area contributed by atoms with Gasteiger partial charge in [0.05, 0.1) is 19.7 Å². The lowest BCUT2D eigenvalue weighted by Crippen LogP contribution is -2.19. The molecule has 0 unspecified atom stereocenters. The van der Waals surface area contributed by atoms with Gasteiger partial charge in [0, 0.05) is 11.1 Å². The third kappa shape index (κ3) is 5.39. The molecule has 0 fully saturated rings. The van der Waals surface area contributed by atoms with Crippen molar-refractivity contribution in [2.45, 2.75) is 13.3 Å². The molecule has 0 saturated carbocycles. The van der Waals surface area contributed by atoms with Gasteiger partial charge >= 0.3 is 0 Å². The van der Waals surface area contributed by atoms with Crippen molar-refractivity contribution in [3.8, 4) is 11.5 Å². The molecule has 154 valence electrons. The van der Waals surface area contributed by atoms with Gasteiger partial charge < -0.3 is 9.84 Å². The summed E-state index contributed by atoms with van der Waals surface area (Å²) in [6.45, 7) is 1.94. The average molecular weight is 425 g/mol. The molecule has 3 rings (SSSR count). The Labute approximate surface area is 176 Å². The Morgan fingerprint density at radius 1 is 1.20 bits per heavy atom. The van der Waals surface area contributed by atoms with E-state index in [1.54, 1.807) is 30.3 Å². The highest BCUT2D eigenvalue weighted by atomic mass is 32.1. The number of methoxy groups -OCH3 is 1. The molecule has 3 aromatic rings. The van der Waals surface area contributed by atoms with E-state index < -0.39 is 5.91 Å². The molecule has 9 nitrogen and oxygen atoms in total. The highest BCUT2D eigenvalue weighted by Crippen LogP contribution is 2.27. The van der Waals surface area contributed by atoms with Crippen molar-refractivity contribution < 1.29 is 19.4 Å². The molecule has 0 atom stereocenters. The zero-order valence-electron chi connectivity index (χ0n) is 16.2. The fourth-order valence-corrected chi connectivity index (χ4v) is 3.14. The van der Waals surface area contributed by atoms with Crippen LogP contribution in [0, 0.1) is 6.92 Å². The number of nitrogens with zero attached hydrogens (tertiary/aromatic N) is 3. The summed E-state index contributed by atoms with van der Waals surface area (Å²) in [5.41, 5.74) is 4.31. The summed E-state index contributed by atoms with van der Waals surface area (Å²) in [5.74, 6) is -0.485. The second-order valence-electron chi connectivity index (χ2n) is 6.19. The van der Waals surface area contributed by atoms with Gasteiger partial charge in [-0.1, -0.05) is 35.1 Å². The zero-order valence-corrected chi connectivity index (χ0v) is 17.1. The first kappa shape index (κ1) is 20.9. The number of carbonyl (C=O) groups excluding carboxylic acids is 2. The number of hydrazone groups is 1. The van der Waals surface area contributed by atoms with Crippen LogP contribution in [0.4, 0.5) is 5.13 Å². The smallest absolute Gasteiger partial charge is 0.257 e. The monoisotopic (exact) mass is 425 g/mol. The highest BCUT2D eigenvalue weighted by molar-refractivity contribution is 7.15. The van der Waals surface area contributed by atoms with Gasteiger partial charge in [0.15, 0.2) is 11.5 Å².